The molecule has 6 nitrogen and oxygen atoms in total. The van der Waals surface area contributed by atoms with Crippen LogP contribution < -0.4 is 14.4 Å². The predicted molar refractivity (Wildman–Crippen MR) is 117 cm³/mol. The van der Waals surface area contributed by atoms with Gasteiger partial charge in [0.05, 0.1) is 10.2 Å². The zero-order valence-corrected chi connectivity index (χ0v) is 17.7. The lowest BCUT2D eigenvalue weighted by atomic mass is 10.1. The molecule has 3 aromatic rings. The Morgan fingerprint density at radius 2 is 1.86 bits per heavy atom. The number of piperazine rings is 1. The topological polar surface area (TPSA) is 54.9 Å². The summed E-state index contributed by atoms with van der Waals surface area (Å²) >= 11 is 3.45. The highest BCUT2D eigenvalue weighted by molar-refractivity contribution is 7.98. The number of benzene rings is 2. The number of fused-ring (bicyclic) bond motifs is 2. The van der Waals surface area contributed by atoms with Crippen molar-refractivity contribution in [3.63, 3.8) is 0 Å². The maximum atomic E-state index is 12.9. The van der Waals surface area contributed by atoms with Gasteiger partial charge in [0.15, 0.2) is 16.6 Å². The Kier molecular flexibility index (Phi) is 4.97. The summed E-state index contributed by atoms with van der Waals surface area (Å²) in [5.74, 6) is 1.40. The molecular formula is C21H21N3O3S2. The number of ether oxygens (including phenoxy) is 2. The van der Waals surface area contributed by atoms with E-state index in [0.29, 0.717) is 43.4 Å². The largest absolute Gasteiger partial charge is 0.486 e. The molecule has 2 aliphatic rings. The smallest absolute Gasteiger partial charge is 0.254 e. The summed E-state index contributed by atoms with van der Waals surface area (Å²) < 4.78 is 12.4. The van der Waals surface area contributed by atoms with Crippen molar-refractivity contribution in [1.82, 2.24) is 9.88 Å². The van der Waals surface area contributed by atoms with E-state index < -0.39 is 0 Å². The van der Waals surface area contributed by atoms with Crippen molar-refractivity contribution in [3.05, 3.63) is 42.0 Å². The van der Waals surface area contributed by atoms with Crippen LogP contribution in [0.5, 0.6) is 11.5 Å². The molecule has 2 aliphatic heterocycles. The third kappa shape index (κ3) is 3.51. The zero-order valence-electron chi connectivity index (χ0n) is 16.1. The number of nitrogens with zero attached hydrogens (tertiary/aromatic N) is 3. The highest BCUT2D eigenvalue weighted by Crippen LogP contribution is 2.35. The van der Waals surface area contributed by atoms with E-state index in [2.05, 4.69) is 29.4 Å². The van der Waals surface area contributed by atoms with E-state index in [4.69, 9.17) is 14.5 Å². The minimum atomic E-state index is 0.0376. The normalized spacial score (nSPS) is 16.3. The lowest BCUT2D eigenvalue weighted by molar-refractivity contribution is 0.0745. The van der Waals surface area contributed by atoms with Crippen molar-refractivity contribution >= 4 is 44.4 Å². The Hall–Kier alpha value is -2.45. The fourth-order valence-electron chi connectivity index (χ4n) is 3.67. The molecule has 1 fully saturated rings. The number of rotatable bonds is 3. The lowest BCUT2D eigenvalue weighted by Gasteiger charge is -2.34. The average Bonchev–Trinajstić information content (AvgIpc) is 3.23. The number of thioether (sulfide) groups is 1. The molecule has 0 spiro atoms. The summed E-state index contributed by atoms with van der Waals surface area (Å²) in [7, 11) is 0. The van der Waals surface area contributed by atoms with Gasteiger partial charge in [0.2, 0.25) is 0 Å². The highest BCUT2D eigenvalue weighted by Gasteiger charge is 2.25. The first-order chi connectivity index (χ1) is 14.2. The monoisotopic (exact) mass is 427 g/mol. The second-order valence-corrected chi connectivity index (χ2v) is 8.80. The molecule has 0 aliphatic carbocycles. The van der Waals surface area contributed by atoms with Crippen LogP contribution in [0.3, 0.4) is 0 Å². The van der Waals surface area contributed by atoms with Gasteiger partial charge in [0, 0.05) is 36.6 Å². The number of anilines is 1. The molecule has 5 rings (SSSR count). The van der Waals surface area contributed by atoms with Crippen LogP contribution in [0.25, 0.3) is 10.2 Å². The number of para-hydroxylation sites is 1. The third-order valence-electron chi connectivity index (χ3n) is 5.22. The molecule has 0 unspecified atom stereocenters. The fraction of sp³-hybridized carbons (Fsp3) is 0.333. The van der Waals surface area contributed by atoms with Crippen LogP contribution in [-0.2, 0) is 0 Å². The Morgan fingerprint density at radius 1 is 1.07 bits per heavy atom. The maximum absolute atomic E-state index is 12.9. The van der Waals surface area contributed by atoms with E-state index in [-0.39, 0.29) is 5.91 Å². The van der Waals surface area contributed by atoms with E-state index in [1.165, 1.54) is 9.60 Å². The van der Waals surface area contributed by atoms with Crippen molar-refractivity contribution < 1.29 is 14.3 Å². The number of aromatic nitrogens is 1. The van der Waals surface area contributed by atoms with Gasteiger partial charge in [-0.2, -0.15) is 0 Å². The quantitative estimate of drug-likeness (QED) is 0.594. The Balaban J connectivity index is 1.28. The SMILES string of the molecule is CSc1cccc2sc(N3CCN(C(=O)c4ccc5c(c4)OCCO5)CC3)nc12. The first-order valence-corrected chi connectivity index (χ1v) is 11.6. The second kappa shape index (κ2) is 7.76. The summed E-state index contributed by atoms with van der Waals surface area (Å²) in [5, 5.41) is 1.04. The lowest BCUT2D eigenvalue weighted by Crippen LogP contribution is -2.48. The molecule has 1 saturated heterocycles. The average molecular weight is 428 g/mol. The van der Waals surface area contributed by atoms with Crippen LogP contribution in [0, 0.1) is 0 Å². The van der Waals surface area contributed by atoms with Crippen molar-refractivity contribution in [3.8, 4) is 11.5 Å². The second-order valence-electron chi connectivity index (χ2n) is 6.94. The van der Waals surface area contributed by atoms with Crippen molar-refractivity contribution in [1.29, 1.82) is 0 Å². The number of carbonyl (C=O) groups excluding carboxylic acids is 1. The summed E-state index contributed by atoms with van der Waals surface area (Å²) in [4.78, 5) is 23.2. The van der Waals surface area contributed by atoms with E-state index in [1.807, 2.05) is 17.0 Å². The van der Waals surface area contributed by atoms with E-state index in [9.17, 15) is 4.79 Å². The summed E-state index contributed by atoms with van der Waals surface area (Å²) in [5.41, 5.74) is 1.72. The fourth-order valence-corrected chi connectivity index (χ4v) is 5.34. The number of thiazole rings is 1. The molecule has 3 heterocycles. The maximum Gasteiger partial charge on any atom is 0.254 e. The number of hydrogen-bond donors (Lipinski definition) is 0. The summed E-state index contributed by atoms with van der Waals surface area (Å²) in [6.45, 7) is 3.99. The predicted octanol–water partition coefficient (Wildman–Crippen LogP) is 3.75. The van der Waals surface area contributed by atoms with Crippen molar-refractivity contribution in [2.45, 2.75) is 4.90 Å². The van der Waals surface area contributed by atoms with Gasteiger partial charge in [-0.25, -0.2) is 4.98 Å². The van der Waals surface area contributed by atoms with Crippen LogP contribution in [0.4, 0.5) is 5.13 Å². The van der Waals surface area contributed by atoms with Gasteiger partial charge in [-0.3, -0.25) is 4.79 Å². The molecule has 2 aromatic carbocycles. The van der Waals surface area contributed by atoms with Gasteiger partial charge >= 0.3 is 0 Å². The van der Waals surface area contributed by atoms with Gasteiger partial charge in [-0.1, -0.05) is 17.4 Å². The van der Waals surface area contributed by atoms with Crippen LogP contribution >= 0.6 is 23.1 Å². The number of carbonyl (C=O) groups is 1. The molecule has 8 heteroatoms. The standard InChI is InChI=1S/C21H21N3O3S2/c1-28-17-3-2-4-18-19(17)22-21(29-18)24-9-7-23(8-10-24)20(25)14-5-6-15-16(13-14)27-12-11-26-15/h2-6,13H,7-12H2,1H3. The van der Waals surface area contributed by atoms with Crippen molar-refractivity contribution in [2.24, 2.45) is 0 Å². The molecule has 1 aromatic heterocycles. The first-order valence-electron chi connectivity index (χ1n) is 9.60. The molecule has 0 radical (unpaired) electrons. The molecule has 29 heavy (non-hydrogen) atoms. The molecule has 0 N–H and O–H groups in total. The zero-order chi connectivity index (χ0) is 19.8. The van der Waals surface area contributed by atoms with Crippen LogP contribution in [-0.4, -0.2) is 61.4 Å². The van der Waals surface area contributed by atoms with Gasteiger partial charge in [-0.05, 0) is 36.6 Å². The van der Waals surface area contributed by atoms with Crippen LogP contribution in [0.1, 0.15) is 10.4 Å². The minimum absolute atomic E-state index is 0.0376. The number of hydrogen-bond acceptors (Lipinski definition) is 7. The van der Waals surface area contributed by atoms with E-state index in [0.717, 1.165) is 23.7 Å². The Morgan fingerprint density at radius 3 is 2.66 bits per heavy atom. The van der Waals surface area contributed by atoms with Gasteiger partial charge in [0.1, 0.15) is 13.2 Å². The first kappa shape index (κ1) is 18.6. The summed E-state index contributed by atoms with van der Waals surface area (Å²) in [6, 6.07) is 11.8. The van der Waals surface area contributed by atoms with Gasteiger partial charge in [0.25, 0.3) is 5.91 Å². The molecule has 1 amide bonds. The number of amides is 1. The highest BCUT2D eigenvalue weighted by atomic mass is 32.2. The Labute approximate surface area is 177 Å². The minimum Gasteiger partial charge on any atom is -0.486 e. The van der Waals surface area contributed by atoms with E-state index in [1.54, 1.807) is 29.2 Å². The molecular weight excluding hydrogens is 406 g/mol. The van der Waals surface area contributed by atoms with Gasteiger partial charge in [-0.15, -0.1) is 11.8 Å². The van der Waals surface area contributed by atoms with Crippen LogP contribution in [0.2, 0.25) is 0 Å². The Bertz CT molecular complexity index is 1060. The van der Waals surface area contributed by atoms with Crippen molar-refractivity contribution in [2.75, 3.05) is 50.5 Å². The van der Waals surface area contributed by atoms with Crippen LogP contribution in [0.15, 0.2) is 41.3 Å². The molecule has 0 atom stereocenters. The molecule has 0 saturated carbocycles. The van der Waals surface area contributed by atoms with Gasteiger partial charge < -0.3 is 19.3 Å². The summed E-state index contributed by atoms with van der Waals surface area (Å²) in [6.07, 6.45) is 2.08. The molecule has 150 valence electrons. The van der Waals surface area contributed by atoms with E-state index >= 15 is 0 Å². The molecule has 0 bridgehead atoms. The third-order valence-corrected chi connectivity index (χ3v) is 7.07.